The van der Waals surface area contributed by atoms with Crippen LogP contribution in [0.15, 0.2) is 36.4 Å². The lowest BCUT2D eigenvalue weighted by atomic mass is 9.81. The van der Waals surface area contributed by atoms with E-state index in [0.29, 0.717) is 24.9 Å². The second kappa shape index (κ2) is 4.85. The third-order valence-electron chi connectivity index (χ3n) is 4.69. The number of benzene rings is 2. The highest BCUT2D eigenvalue weighted by Gasteiger charge is 2.31. The minimum absolute atomic E-state index is 0.00694. The average molecular weight is 294 g/mol. The van der Waals surface area contributed by atoms with Crippen LogP contribution in [0.2, 0.25) is 0 Å². The molecule has 4 heteroatoms. The van der Waals surface area contributed by atoms with Gasteiger partial charge in [-0.05, 0) is 53.3 Å². The van der Waals surface area contributed by atoms with E-state index in [2.05, 4.69) is 17.4 Å². The molecule has 0 bridgehead atoms. The number of nitrogen functional groups attached to an aromatic ring is 1. The van der Waals surface area contributed by atoms with Crippen LogP contribution in [0.5, 0.6) is 0 Å². The number of anilines is 2. The van der Waals surface area contributed by atoms with Gasteiger partial charge < -0.3 is 16.2 Å². The Kier molecular flexibility index (Phi) is 2.94. The summed E-state index contributed by atoms with van der Waals surface area (Å²) in [5, 5.41) is 12.9. The molecule has 22 heavy (non-hydrogen) atoms. The fraction of sp³-hybridized carbons (Fsp3) is 0.278. The summed E-state index contributed by atoms with van der Waals surface area (Å²) < 4.78 is 0. The molecule has 0 spiro atoms. The van der Waals surface area contributed by atoms with Gasteiger partial charge in [-0.25, -0.2) is 0 Å². The van der Waals surface area contributed by atoms with Crippen LogP contribution in [0.3, 0.4) is 0 Å². The molecule has 2 aliphatic rings. The first-order valence-electron chi connectivity index (χ1n) is 7.60. The van der Waals surface area contributed by atoms with Gasteiger partial charge in [-0.2, -0.15) is 0 Å². The van der Waals surface area contributed by atoms with E-state index in [1.807, 2.05) is 18.2 Å². The smallest absolute Gasteiger partial charge is 0.225 e. The Labute approximate surface area is 129 Å². The van der Waals surface area contributed by atoms with Gasteiger partial charge in [-0.1, -0.05) is 18.2 Å². The fourth-order valence-corrected chi connectivity index (χ4v) is 3.74. The monoisotopic (exact) mass is 294 g/mol. The molecule has 0 saturated heterocycles. The lowest BCUT2D eigenvalue weighted by Crippen LogP contribution is -2.24. The van der Waals surface area contributed by atoms with E-state index < -0.39 is 0 Å². The molecule has 0 saturated carbocycles. The first-order valence-corrected chi connectivity index (χ1v) is 7.60. The van der Waals surface area contributed by atoms with E-state index in [1.54, 1.807) is 6.07 Å². The van der Waals surface area contributed by atoms with Gasteiger partial charge in [0.2, 0.25) is 5.91 Å². The molecule has 112 valence electrons. The van der Waals surface area contributed by atoms with Gasteiger partial charge in [0, 0.05) is 23.7 Å². The topological polar surface area (TPSA) is 75.3 Å². The molecule has 2 aromatic rings. The van der Waals surface area contributed by atoms with Gasteiger partial charge in [0.25, 0.3) is 0 Å². The number of amides is 1. The number of hydrogen-bond donors (Lipinski definition) is 3. The Morgan fingerprint density at radius 1 is 1.09 bits per heavy atom. The highest BCUT2D eigenvalue weighted by atomic mass is 16.3. The van der Waals surface area contributed by atoms with Crippen molar-refractivity contribution in [3.63, 3.8) is 0 Å². The lowest BCUT2D eigenvalue weighted by Gasteiger charge is -2.28. The second-order valence-corrected chi connectivity index (χ2v) is 6.20. The molecule has 1 amide bonds. The SMILES string of the molecule is Nc1ccc2c(c1)C(c1cccc3c1CC(O)C3)CC(=O)N2. The molecule has 2 atom stereocenters. The molecule has 4 N–H and O–H groups in total. The first kappa shape index (κ1) is 13.3. The van der Waals surface area contributed by atoms with Crippen molar-refractivity contribution >= 4 is 17.3 Å². The highest BCUT2D eigenvalue weighted by molar-refractivity contribution is 5.95. The van der Waals surface area contributed by atoms with Crippen LogP contribution in [0.1, 0.15) is 34.6 Å². The normalized spacial score (nSPS) is 22.9. The molecule has 1 heterocycles. The molecule has 0 aromatic heterocycles. The summed E-state index contributed by atoms with van der Waals surface area (Å²) in [6, 6.07) is 11.8. The summed E-state index contributed by atoms with van der Waals surface area (Å²) in [5.41, 5.74) is 12.1. The van der Waals surface area contributed by atoms with Crippen molar-refractivity contribution in [3.05, 3.63) is 58.7 Å². The number of carbonyl (C=O) groups is 1. The molecule has 0 fully saturated rings. The maximum atomic E-state index is 12.1. The summed E-state index contributed by atoms with van der Waals surface area (Å²) >= 11 is 0. The van der Waals surface area contributed by atoms with E-state index in [-0.39, 0.29) is 17.9 Å². The van der Waals surface area contributed by atoms with Crippen molar-refractivity contribution in [1.29, 1.82) is 0 Å². The first-order chi connectivity index (χ1) is 10.6. The zero-order chi connectivity index (χ0) is 15.3. The second-order valence-electron chi connectivity index (χ2n) is 6.20. The molecule has 0 radical (unpaired) electrons. The van der Waals surface area contributed by atoms with Gasteiger partial charge in [0.05, 0.1) is 6.10 Å². The maximum absolute atomic E-state index is 12.1. The molecule has 4 nitrogen and oxygen atoms in total. The van der Waals surface area contributed by atoms with Crippen LogP contribution in [0, 0.1) is 0 Å². The van der Waals surface area contributed by atoms with Crippen molar-refractivity contribution in [3.8, 4) is 0 Å². The number of nitrogens with one attached hydrogen (secondary N) is 1. The minimum atomic E-state index is -0.311. The summed E-state index contributed by atoms with van der Waals surface area (Å²) in [6.07, 6.45) is 1.48. The van der Waals surface area contributed by atoms with Gasteiger partial charge in [-0.3, -0.25) is 4.79 Å². The van der Waals surface area contributed by atoms with Gasteiger partial charge in [0.15, 0.2) is 0 Å². The largest absolute Gasteiger partial charge is 0.399 e. The minimum Gasteiger partial charge on any atom is -0.399 e. The molecule has 4 rings (SSSR count). The lowest BCUT2D eigenvalue weighted by molar-refractivity contribution is -0.116. The van der Waals surface area contributed by atoms with Crippen LogP contribution in [0.25, 0.3) is 0 Å². The van der Waals surface area contributed by atoms with Crippen molar-refractivity contribution in [1.82, 2.24) is 0 Å². The van der Waals surface area contributed by atoms with E-state index in [4.69, 9.17) is 5.73 Å². The Morgan fingerprint density at radius 3 is 2.82 bits per heavy atom. The number of aliphatic hydroxyl groups is 1. The summed E-state index contributed by atoms with van der Waals surface area (Å²) in [4.78, 5) is 12.1. The average Bonchev–Trinajstić information content (AvgIpc) is 2.87. The molecule has 1 aliphatic carbocycles. The quantitative estimate of drug-likeness (QED) is 0.706. The van der Waals surface area contributed by atoms with E-state index in [9.17, 15) is 9.90 Å². The van der Waals surface area contributed by atoms with Gasteiger partial charge in [0.1, 0.15) is 0 Å². The van der Waals surface area contributed by atoms with Crippen LogP contribution in [-0.2, 0) is 17.6 Å². The van der Waals surface area contributed by atoms with Gasteiger partial charge in [-0.15, -0.1) is 0 Å². The molecule has 2 aromatic carbocycles. The number of hydrogen-bond acceptors (Lipinski definition) is 3. The van der Waals surface area contributed by atoms with Crippen molar-refractivity contribution in [2.24, 2.45) is 0 Å². The maximum Gasteiger partial charge on any atom is 0.225 e. The van der Waals surface area contributed by atoms with Crippen molar-refractivity contribution in [2.45, 2.75) is 31.3 Å². The Balaban J connectivity index is 1.86. The zero-order valence-corrected chi connectivity index (χ0v) is 12.2. The van der Waals surface area contributed by atoms with Crippen LogP contribution < -0.4 is 11.1 Å². The fourth-order valence-electron chi connectivity index (χ4n) is 3.74. The number of fused-ring (bicyclic) bond motifs is 2. The third-order valence-corrected chi connectivity index (χ3v) is 4.69. The predicted octanol–water partition coefficient (Wildman–Crippen LogP) is 2.20. The Morgan fingerprint density at radius 2 is 1.95 bits per heavy atom. The summed E-state index contributed by atoms with van der Waals surface area (Å²) in [5.74, 6) is 0.0333. The van der Waals surface area contributed by atoms with Crippen LogP contribution in [0.4, 0.5) is 11.4 Å². The Bertz CT molecular complexity index is 770. The highest BCUT2D eigenvalue weighted by Crippen LogP contribution is 2.41. The number of aliphatic hydroxyl groups excluding tert-OH is 1. The van der Waals surface area contributed by atoms with Gasteiger partial charge >= 0.3 is 0 Å². The molecular formula is C18H18N2O2. The van der Waals surface area contributed by atoms with E-state index >= 15 is 0 Å². The summed E-state index contributed by atoms with van der Waals surface area (Å²) in [6.45, 7) is 0. The van der Waals surface area contributed by atoms with Crippen LogP contribution >= 0.6 is 0 Å². The Hall–Kier alpha value is -2.33. The summed E-state index contributed by atoms with van der Waals surface area (Å²) in [7, 11) is 0. The standard InChI is InChI=1S/C18H18N2O2/c19-11-4-5-17-16(7-11)15(9-18(22)20-17)13-3-1-2-10-6-12(21)8-14(10)13/h1-5,7,12,15,21H,6,8-9,19H2,(H,20,22). The van der Waals surface area contributed by atoms with E-state index in [1.165, 1.54) is 11.1 Å². The van der Waals surface area contributed by atoms with Crippen molar-refractivity contribution < 1.29 is 9.90 Å². The zero-order valence-electron chi connectivity index (χ0n) is 12.2. The van der Waals surface area contributed by atoms with E-state index in [0.717, 1.165) is 16.8 Å². The number of rotatable bonds is 1. The predicted molar refractivity (Wildman–Crippen MR) is 85.8 cm³/mol. The number of nitrogens with two attached hydrogens (primary N) is 1. The molecule has 1 aliphatic heterocycles. The third kappa shape index (κ3) is 2.07. The molecular weight excluding hydrogens is 276 g/mol. The van der Waals surface area contributed by atoms with Crippen molar-refractivity contribution in [2.75, 3.05) is 11.1 Å². The number of carbonyl (C=O) groups excluding carboxylic acids is 1. The molecule has 2 unspecified atom stereocenters. The van der Waals surface area contributed by atoms with Crippen LogP contribution in [-0.4, -0.2) is 17.1 Å².